The van der Waals surface area contributed by atoms with Crippen LogP contribution in [0.4, 0.5) is 0 Å². The maximum atomic E-state index is 3.48. The minimum Gasteiger partial charge on any atom is -0.315 e. The van der Waals surface area contributed by atoms with Crippen LogP contribution in [0.5, 0.6) is 0 Å². The van der Waals surface area contributed by atoms with Crippen molar-refractivity contribution in [2.75, 3.05) is 20.1 Å². The highest BCUT2D eigenvalue weighted by Crippen LogP contribution is 2.26. The topological polar surface area (TPSA) is 15.3 Å². The van der Waals surface area contributed by atoms with Gasteiger partial charge >= 0.3 is 0 Å². The molecule has 0 spiro atoms. The van der Waals surface area contributed by atoms with Crippen LogP contribution in [0.25, 0.3) is 0 Å². The first-order valence-electron chi connectivity index (χ1n) is 5.75. The van der Waals surface area contributed by atoms with E-state index in [0.717, 1.165) is 6.54 Å². The summed E-state index contributed by atoms with van der Waals surface area (Å²) in [5.41, 5.74) is 0. The maximum Gasteiger partial charge on any atom is 0.0413 e. The second-order valence-corrected chi connectivity index (χ2v) is 5.34. The number of nitrogens with one attached hydrogen (secondary N) is 1. The fraction of sp³-hybridized carbons (Fsp3) is 0.667. The lowest BCUT2D eigenvalue weighted by molar-refractivity contribution is 0.158. The number of piperidine rings is 1. The van der Waals surface area contributed by atoms with Crippen LogP contribution in [0.15, 0.2) is 17.5 Å². The van der Waals surface area contributed by atoms with Gasteiger partial charge in [-0.1, -0.05) is 6.07 Å². The average molecular weight is 224 g/mol. The molecule has 1 aromatic rings. The van der Waals surface area contributed by atoms with Crippen LogP contribution in [0.1, 0.15) is 30.7 Å². The monoisotopic (exact) mass is 224 g/mol. The molecule has 0 aromatic carbocycles. The second kappa shape index (κ2) is 5.10. The Hall–Kier alpha value is -0.380. The Morgan fingerprint density at radius 3 is 3.07 bits per heavy atom. The van der Waals surface area contributed by atoms with Crippen molar-refractivity contribution in [2.24, 2.45) is 0 Å². The van der Waals surface area contributed by atoms with E-state index >= 15 is 0 Å². The Bertz CT molecular complexity index is 278. The van der Waals surface area contributed by atoms with Crippen LogP contribution in [0.2, 0.25) is 0 Å². The normalized spacial score (nSPS) is 24.3. The van der Waals surface area contributed by atoms with Crippen LogP contribution < -0.4 is 5.32 Å². The smallest absolute Gasteiger partial charge is 0.0413 e. The molecule has 0 radical (unpaired) electrons. The SMILES string of the molecule is CC(c1cccs1)N(C)[C@H]1CCCNC1. The quantitative estimate of drug-likeness (QED) is 0.848. The summed E-state index contributed by atoms with van der Waals surface area (Å²) in [4.78, 5) is 3.99. The lowest BCUT2D eigenvalue weighted by atomic mass is 10.0. The summed E-state index contributed by atoms with van der Waals surface area (Å²) in [5.74, 6) is 0. The molecule has 0 bridgehead atoms. The number of likely N-dealkylation sites (N-methyl/N-ethyl adjacent to an activating group) is 1. The molecule has 1 aliphatic heterocycles. The molecular formula is C12H20N2S. The van der Waals surface area contributed by atoms with Crippen molar-refractivity contribution in [1.82, 2.24) is 10.2 Å². The fourth-order valence-electron chi connectivity index (χ4n) is 2.23. The number of hydrogen-bond donors (Lipinski definition) is 1. The molecule has 2 heterocycles. The maximum absolute atomic E-state index is 3.48. The van der Waals surface area contributed by atoms with Crippen LogP contribution in [0, 0.1) is 0 Å². The van der Waals surface area contributed by atoms with E-state index in [1.165, 1.54) is 24.3 Å². The highest BCUT2D eigenvalue weighted by molar-refractivity contribution is 7.10. The summed E-state index contributed by atoms with van der Waals surface area (Å²) < 4.78 is 0. The molecule has 3 heteroatoms. The molecule has 2 rings (SSSR count). The van der Waals surface area contributed by atoms with Crippen molar-refractivity contribution in [2.45, 2.75) is 31.8 Å². The molecule has 1 unspecified atom stereocenters. The average Bonchev–Trinajstić information content (AvgIpc) is 2.82. The Morgan fingerprint density at radius 1 is 1.60 bits per heavy atom. The van der Waals surface area contributed by atoms with Crippen LogP contribution >= 0.6 is 11.3 Å². The molecular weight excluding hydrogens is 204 g/mol. The highest BCUT2D eigenvalue weighted by Gasteiger charge is 2.22. The largest absolute Gasteiger partial charge is 0.315 e. The van der Waals surface area contributed by atoms with Gasteiger partial charge in [-0.05, 0) is 44.8 Å². The van der Waals surface area contributed by atoms with Crippen molar-refractivity contribution < 1.29 is 0 Å². The van der Waals surface area contributed by atoms with E-state index in [1.807, 2.05) is 11.3 Å². The first-order chi connectivity index (χ1) is 7.29. The van der Waals surface area contributed by atoms with Gasteiger partial charge in [0.1, 0.15) is 0 Å². The van der Waals surface area contributed by atoms with Gasteiger partial charge in [-0.25, -0.2) is 0 Å². The lowest BCUT2D eigenvalue weighted by Crippen LogP contribution is -2.44. The summed E-state index contributed by atoms with van der Waals surface area (Å²) >= 11 is 1.86. The molecule has 1 aromatic heterocycles. The molecule has 0 aliphatic carbocycles. The molecule has 2 nitrogen and oxygen atoms in total. The second-order valence-electron chi connectivity index (χ2n) is 4.36. The van der Waals surface area contributed by atoms with Crippen molar-refractivity contribution in [3.8, 4) is 0 Å². The van der Waals surface area contributed by atoms with E-state index in [4.69, 9.17) is 0 Å². The van der Waals surface area contributed by atoms with Gasteiger partial charge in [-0.3, -0.25) is 4.90 Å². The molecule has 2 atom stereocenters. The number of hydrogen-bond acceptors (Lipinski definition) is 3. The van der Waals surface area contributed by atoms with Gasteiger partial charge in [0.2, 0.25) is 0 Å². The number of thiophene rings is 1. The molecule has 1 aliphatic rings. The third-order valence-corrected chi connectivity index (χ3v) is 4.46. The Morgan fingerprint density at radius 2 is 2.47 bits per heavy atom. The van der Waals surface area contributed by atoms with Gasteiger partial charge < -0.3 is 5.32 Å². The summed E-state index contributed by atoms with van der Waals surface area (Å²) in [5, 5.41) is 5.64. The molecule has 1 N–H and O–H groups in total. The zero-order valence-corrected chi connectivity index (χ0v) is 10.4. The number of nitrogens with zero attached hydrogens (tertiary/aromatic N) is 1. The third kappa shape index (κ3) is 2.60. The summed E-state index contributed by atoms with van der Waals surface area (Å²) in [7, 11) is 2.25. The van der Waals surface area contributed by atoms with Crippen LogP contribution in [-0.4, -0.2) is 31.1 Å². The molecule has 0 saturated carbocycles. The van der Waals surface area contributed by atoms with Crippen molar-refractivity contribution in [3.63, 3.8) is 0 Å². The first kappa shape index (κ1) is 11.1. The van der Waals surface area contributed by atoms with E-state index < -0.39 is 0 Å². The minimum atomic E-state index is 0.551. The molecule has 0 amide bonds. The molecule has 84 valence electrons. The van der Waals surface area contributed by atoms with Crippen molar-refractivity contribution in [3.05, 3.63) is 22.4 Å². The van der Waals surface area contributed by atoms with Crippen molar-refractivity contribution >= 4 is 11.3 Å². The Labute approximate surface area is 96.3 Å². The standard InChI is InChI=1S/C12H20N2S/c1-10(12-6-4-8-15-12)14(2)11-5-3-7-13-9-11/h4,6,8,10-11,13H,3,5,7,9H2,1-2H3/t10?,11-/m0/s1. The number of rotatable bonds is 3. The zero-order valence-electron chi connectivity index (χ0n) is 9.57. The van der Waals surface area contributed by atoms with E-state index in [1.54, 1.807) is 0 Å². The highest BCUT2D eigenvalue weighted by atomic mass is 32.1. The summed E-state index contributed by atoms with van der Waals surface area (Å²) in [6.07, 6.45) is 2.64. The van der Waals surface area contributed by atoms with Gasteiger partial charge in [0.25, 0.3) is 0 Å². The van der Waals surface area contributed by atoms with E-state index in [9.17, 15) is 0 Å². The molecule has 1 saturated heterocycles. The third-order valence-electron chi connectivity index (χ3n) is 3.41. The summed E-state index contributed by atoms with van der Waals surface area (Å²) in [6.45, 7) is 4.64. The Balaban J connectivity index is 1.97. The minimum absolute atomic E-state index is 0.551. The van der Waals surface area contributed by atoms with Crippen molar-refractivity contribution in [1.29, 1.82) is 0 Å². The van der Waals surface area contributed by atoms with Gasteiger partial charge in [0.15, 0.2) is 0 Å². The summed E-state index contributed by atoms with van der Waals surface area (Å²) in [6, 6.07) is 5.64. The van der Waals surface area contributed by atoms with Gasteiger partial charge in [-0.2, -0.15) is 0 Å². The predicted octanol–water partition coefficient (Wildman–Crippen LogP) is 2.49. The van der Waals surface area contributed by atoms with Gasteiger partial charge in [0.05, 0.1) is 0 Å². The van der Waals surface area contributed by atoms with Gasteiger partial charge in [-0.15, -0.1) is 11.3 Å². The van der Waals surface area contributed by atoms with E-state index in [0.29, 0.717) is 12.1 Å². The molecule has 15 heavy (non-hydrogen) atoms. The Kier molecular flexibility index (Phi) is 3.78. The van der Waals surface area contributed by atoms with Crippen LogP contribution in [-0.2, 0) is 0 Å². The molecule has 1 fully saturated rings. The van der Waals surface area contributed by atoms with Gasteiger partial charge in [0, 0.05) is 23.5 Å². The van der Waals surface area contributed by atoms with Crippen LogP contribution in [0.3, 0.4) is 0 Å². The fourth-order valence-corrected chi connectivity index (χ4v) is 3.06. The zero-order chi connectivity index (χ0) is 10.7. The lowest BCUT2D eigenvalue weighted by Gasteiger charge is -2.35. The predicted molar refractivity (Wildman–Crippen MR) is 66.4 cm³/mol. The van der Waals surface area contributed by atoms with E-state index in [-0.39, 0.29) is 0 Å². The first-order valence-corrected chi connectivity index (χ1v) is 6.63. The van der Waals surface area contributed by atoms with E-state index in [2.05, 4.69) is 41.7 Å².